The summed E-state index contributed by atoms with van der Waals surface area (Å²) in [7, 11) is -4.35. The molecule has 1 aliphatic rings. The van der Waals surface area contributed by atoms with E-state index >= 15 is 0 Å². The highest BCUT2D eigenvalue weighted by molar-refractivity contribution is 7.86. The molecule has 0 bridgehead atoms. The SMILES string of the molecule is CCOC(=O)C1(OS(=O)(=O)c2ccc(C)cc2)CCCc2sccc2C1=O. The molecule has 0 fully saturated rings. The molecule has 0 saturated heterocycles. The number of fused-ring (bicyclic) bond motifs is 1. The Morgan fingerprint density at radius 2 is 1.93 bits per heavy atom. The summed E-state index contributed by atoms with van der Waals surface area (Å²) in [6.07, 6.45) is 0.951. The largest absolute Gasteiger partial charge is 0.463 e. The van der Waals surface area contributed by atoms with Gasteiger partial charge >= 0.3 is 5.97 Å². The Kier molecular flexibility index (Phi) is 5.50. The van der Waals surface area contributed by atoms with E-state index in [0.717, 1.165) is 10.4 Å². The molecule has 1 aromatic carbocycles. The Balaban J connectivity index is 2.07. The Morgan fingerprint density at radius 3 is 2.59 bits per heavy atom. The number of rotatable bonds is 5. The van der Waals surface area contributed by atoms with Crippen LogP contribution in [-0.2, 0) is 30.3 Å². The van der Waals surface area contributed by atoms with Crippen molar-refractivity contribution in [3.05, 3.63) is 51.7 Å². The fourth-order valence-corrected chi connectivity index (χ4v) is 5.15. The van der Waals surface area contributed by atoms with E-state index in [1.807, 2.05) is 6.92 Å². The van der Waals surface area contributed by atoms with Crippen molar-refractivity contribution in [2.24, 2.45) is 0 Å². The number of thiophene rings is 1. The molecular weight excluding hydrogens is 388 g/mol. The van der Waals surface area contributed by atoms with Crippen molar-refractivity contribution in [1.29, 1.82) is 0 Å². The molecule has 27 heavy (non-hydrogen) atoms. The summed E-state index contributed by atoms with van der Waals surface area (Å²) in [5, 5.41) is 1.75. The molecule has 1 unspecified atom stereocenters. The molecule has 1 atom stereocenters. The smallest absolute Gasteiger partial charge is 0.348 e. The van der Waals surface area contributed by atoms with Crippen LogP contribution < -0.4 is 0 Å². The van der Waals surface area contributed by atoms with Crippen LogP contribution in [0.4, 0.5) is 0 Å². The van der Waals surface area contributed by atoms with Crippen molar-refractivity contribution in [2.45, 2.75) is 43.6 Å². The zero-order chi connectivity index (χ0) is 19.7. The zero-order valence-electron chi connectivity index (χ0n) is 15.1. The first kappa shape index (κ1) is 19.7. The van der Waals surface area contributed by atoms with Gasteiger partial charge in [-0.1, -0.05) is 17.7 Å². The number of hydrogen-bond donors (Lipinski definition) is 0. The van der Waals surface area contributed by atoms with Gasteiger partial charge in [0, 0.05) is 10.4 Å². The average molecular weight is 408 g/mol. The lowest BCUT2D eigenvalue weighted by Crippen LogP contribution is -2.51. The number of hydrogen-bond acceptors (Lipinski definition) is 7. The molecule has 1 aromatic heterocycles. The lowest BCUT2D eigenvalue weighted by molar-refractivity contribution is -0.157. The molecule has 0 N–H and O–H groups in total. The summed E-state index contributed by atoms with van der Waals surface area (Å²) in [5.41, 5.74) is -1.00. The Labute approximate surface area is 162 Å². The minimum atomic E-state index is -4.35. The second-order valence-corrected chi connectivity index (χ2v) is 8.89. The molecule has 3 rings (SSSR count). The first-order chi connectivity index (χ1) is 12.8. The molecular formula is C19H20O6S2. The van der Waals surface area contributed by atoms with Crippen LogP contribution in [0.3, 0.4) is 0 Å². The molecule has 0 aliphatic heterocycles. The molecule has 144 valence electrons. The summed E-state index contributed by atoms with van der Waals surface area (Å²) >= 11 is 1.41. The van der Waals surface area contributed by atoms with E-state index in [1.54, 1.807) is 30.5 Å². The molecule has 0 radical (unpaired) electrons. The summed E-state index contributed by atoms with van der Waals surface area (Å²) < 4.78 is 36.1. The minimum Gasteiger partial charge on any atom is -0.463 e. The summed E-state index contributed by atoms with van der Waals surface area (Å²) in [6, 6.07) is 7.63. The highest BCUT2D eigenvalue weighted by atomic mass is 32.2. The van der Waals surface area contributed by atoms with Crippen molar-refractivity contribution in [1.82, 2.24) is 0 Å². The third-order valence-electron chi connectivity index (χ3n) is 4.46. The number of esters is 1. The first-order valence-electron chi connectivity index (χ1n) is 8.61. The maximum atomic E-state index is 13.2. The lowest BCUT2D eigenvalue weighted by atomic mass is 9.91. The fraction of sp³-hybridized carbons (Fsp3) is 0.368. The quantitative estimate of drug-likeness (QED) is 0.327. The van der Waals surface area contributed by atoms with E-state index in [4.69, 9.17) is 8.92 Å². The molecule has 8 heteroatoms. The van der Waals surface area contributed by atoms with Crippen LogP contribution >= 0.6 is 11.3 Å². The average Bonchev–Trinajstić information content (AvgIpc) is 3.04. The Bertz CT molecular complexity index is 958. The van der Waals surface area contributed by atoms with Gasteiger partial charge in [0.2, 0.25) is 11.4 Å². The van der Waals surface area contributed by atoms with E-state index in [9.17, 15) is 18.0 Å². The number of carbonyl (C=O) groups is 2. The van der Waals surface area contributed by atoms with Gasteiger partial charge in [-0.2, -0.15) is 8.42 Å². The van der Waals surface area contributed by atoms with E-state index in [2.05, 4.69) is 0 Å². The van der Waals surface area contributed by atoms with Crippen LogP contribution in [0.1, 0.15) is 40.6 Å². The topological polar surface area (TPSA) is 86.7 Å². The van der Waals surface area contributed by atoms with Crippen LogP contribution in [0.2, 0.25) is 0 Å². The van der Waals surface area contributed by atoms with Gasteiger partial charge in [0.05, 0.1) is 11.5 Å². The van der Waals surface area contributed by atoms with Crippen molar-refractivity contribution in [2.75, 3.05) is 6.61 Å². The molecule has 0 saturated carbocycles. The maximum Gasteiger partial charge on any atom is 0.348 e. The lowest BCUT2D eigenvalue weighted by Gasteiger charge is -2.28. The number of benzene rings is 1. The second kappa shape index (κ2) is 7.53. The van der Waals surface area contributed by atoms with Gasteiger partial charge in [-0.15, -0.1) is 11.3 Å². The van der Waals surface area contributed by atoms with Crippen LogP contribution in [0.15, 0.2) is 40.6 Å². The normalized spacial score (nSPS) is 20.0. The molecule has 1 heterocycles. The van der Waals surface area contributed by atoms with Gasteiger partial charge in [0.15, 0.2) is 0 Å². The second-order valence-electron chi connectivity index (χ2n) is 6.34. The van der Waals surface area contributed by atoms with Gasteiger partial charge in [-0.05, 0) is 56.7 Å². The number of Topliss-reactive ketones (excluding diaryl/α,β-unsaturated/α-hetero) is 1. The van der Waals surface area contributed by atoms with Crippen LogP contribution in [0.5, 0.6) is 0 Å². The van der Waals surface area contributed by atoms with Gasteiger partial charge < -0.3 is 4.74 Å². The van der Waals surface area contributed by atoms with Crippen LogP contribution in [-0.4, -0.2) is 32.4 Å². The standard InChI is InChI=1S/C19H20O6S2/c1-3-24-18(21)19(11-4-5-16-15(17(19)20)10-12-26-16)25-27(22,23)14-8-6-13(2)7-9-14/h6-10,12H,3-5,11H2,1-2H3. The van der Waals surface area contributed by atoms with Crippen LogP contribution in [0.25, 0.3) is 0 Å². The molecule has 0 spiro atoms. The third-order valence-corrected chi connectivity index (χ3v) is 6.79. The highest BCUT2D eigenvalue weighted by Crippen LogP contribution is 2.36. The Hall–Kier alpha value is -2.03. The predicted molar refractivity (Wildman–Crippen MR) is 100 cm³/mol. The van der Waals surface area contributed by atoms with E-state index in [1.165, 1.54) is 23.5 Å². The van der Waals surface area contributed by atoms with E-state index in [0.29, 0.717) is 18.4 Å². The van der Waals surface area contributed by atoms with Crippen molar-refractivity contribution >= 4 is 33.2 Å². The monoisotopic (exact) mass is 408 g/mol. The van der Waals surface area contributed by atoms with Gasteiger partial charge in [-0.3, -0.25) is 4.79 Å². The maximum absolute atomic E-state index is 13.2. The summed E-state index contributed by atoms with van der Waals surface area (Å²) in [4.78, 5) is 26.7. The summed E-state index contributed by atoms with van der Waals surface area (Å²) in [5.74, 6) is -1.63. The molecule has 1 aliphatic carbocycles. The summed E-state index contributed by atoms with van der Waals surface area (Å²) in [6.45, 7) is 3.43. The van der Waals surface area contributed by atoms with Gasteiger partial charge in [0.1, 0.15) is 0 Å². The third kappa shape index (κ3) is 3.69. The van der Waals surface area contributed by atoms with Gasteiger partial charge in [-0.25, -0.2) is 8.98 Å². The van der Waals surface area contributed by atoms with E-state index in [-0.39, 0.29) is 17.9 Å². The van der Waals surface area contributed by atoms with Gasteiger partial charge in [0.25, 0.3) is 10.1 Å². The number of ether oxygens (including phenoxy) is 1. The molecule has 6 nitrogen and oxygen atoms in total. The van der Waals surface area contributed by atoms with Crippen molar-refractivity contribution < 1.29 is 26.9 Å². The minimum absolute atomic E-state index is 0.0122. The van der Waals surface area contributed by atoms with Crippen molar-refractivity contribution in [3.63, 3.8) is 0 Å². The Morgan fingerprint density at radius 1 is 1.22 bits per heavy atom. The predicted octanol–water partition coefficient (Wildman–Crippen LogP) is 3.28. The number of aryl methyl sites for hydroxylation is 2. The first-order valence-corrected chi connectivity index (χ1v) is 10.9. The number of ketones is 1. The van der Waals surface area contributed by atoms with Crippen molar-refractivity contribution in [3.8, 4) is 0 Å². The van der Waals surface area contributed by atoms with Crippen LogP contribution in [0, 0.1) is 6.92 Å². The zero-order valence-corrected chi connectivity index (χ0v) is 16.7. The highest BCUT2D eigenvalue weighted by Gasteiger charge is 2.54. The molecule has 0 amide bonds. The molecule has 2 aromatic rings. The fourth-order valence-electron chi connectivity index (χ4n) is 3.06. The van der Waals surface area contributed by atoms with E-state index < -0.39 is 27.5 Å². The number of carbonyl (C=O) groups excluding carboxylic acids is 2.